The largest absolute Gasteiger partial charge is 0.326 e. The number of likely N-dealkylation sites (tertiary alicyclic amines) is 1. The molecule has 4 heteroatoms. The van der Waals surface area contributed by atoms with Crippen molar-refractivity contribution in [1.29, 1.82) is 0 Å². The van der Waals surface area contributed by atoms with Crippen molar-refractivity contribution in [3.05, 3.63) is 41.6 Å². The molecule has 1 N–H and O–H groups in total. The molecule has 0 aromatic heterocycles. The maximum Gasteiger partial charge on any atom is 0.228 e. The minimum atomic E-state index is 0.0766. The molecule has 3 aliphatic carbocycles. The summed E-state index contributed by atoms with van der Waals surface area (Å²) in [4.78, 5) is 27.6. The highest BCUT2D eigenvalue weighted by molar-refractivity contribution is 5.93. The fourth-order valence-corrected chi connectivity index (χ4v) is 7.96. The molecule has 1 saturated heterocycles. The van der Waals surface area contributed by atoms with E-state index >= 15 is 0 Å². The van der Waals surface area contributed by atoms with Crippen LogP contribution < -0.4 is 5.32 Å². The Morgan fingerprint density at radius 2 is 1.94 bits per heavy atom. The Morgan fingerprint density at radius 1 is 1.13 bits per heavy atom. The third-order valence-electron chi connectivity index (χ3n) is 9.62. The lowest BCUT2D eigenvalue weighted by atomic mass is 9.49. The molecule has 0 spiro atoms. The molecule has 0 radical (unpaired) electrons. The maximum absolute atomic E-state index is 13.3. The van der Waals surface area contributed by atoms with Crippen LogP contribution in [-0.2, 0) is 9.59 Å². The summed E-state index contributed by atoms with van der Waals surface area (Å²) in [6.07, 6.45) is 9.49. The van der Waals surface area contributed by atoms with Crippen molar-refractivity contribution in [3.63, 3.8) is 0 Å². The van der Waals surface area contributed by atoms with Gasteiger partial charge in [0.25, 0.3) is 0 Å². The Bertz CT molecular complexity index is 952. The Labute approximate surface area is 186 Å². The number of carbonyl (C=O) groups is 2. The van der Waals surface area contributed by atoms with E-state index in [2.05, 4.69) is 44.3 Å². The molecule has 1 aromatic rings. The van der Waals surface area contributed by atoms with E-state index in [1.165, 1.54) is 17.7 Å². The van der Waals surface area contributed by atoms with E-state index in [0.717, 1.165) is 37.8 Å². The van der Waals surface area contributed by atoms with Gasteiger partial charge in [0.05, 0.1) is 0 Å². The summed E-state index contributed by atoms with van der Waals surface area (Å²) in [6, 6.07) is 8.11. The van der Waals surface area contributed by atoms with E-state index in [1.54, 1.807) is 0 Å². The van der Waals surface area contributed by atoms with E-state index < -0.39 is 0 Å². The molecule has 166 valence electrons. The summed E-state index contributed by atoms with van der Waals surface area (Å²) < 4.78 is 0. The zero-order valence-electron chi connectivity index (χ0n) is 19.4. The highest BCUT2D eigenvalue weighted by Crippen LogP contribution is 2.66. The number of nitrogens with one attached hydrogen (secondary N) is 1. The van der Waals surface area contributed by atoms with Crippen LogP contribution in [0.15, 0.2) is 36.0 Å². The molecule has 0 bridgehead atoms. The zero-order chi connectivity index (χ0) is 22.0. The Hall–Kier alpha value is -2.10. The molecular formula is C27H36N2O2. The van der Waals surface area contributed by atoms with Crippen LogP contribution >= 0.6 is 0 Å². The van der Waals surface area contributed by atoms with E-state index in [1.807, 2.05) is 24.1 Å². The van der Waals surface area contributed by atoms with Crippen molar-refractivity contribution in [2.24, 2.45) is 34.5 Å². The molecule has 3 fully saturated rings. The molecular weight excluding hydrogens is 384 g/mol. The number of aryl methyl sites for hydroxylation is 1. The van der Waals surface area contributed by atoms with Crippen LogP contribution in [0.3, 0.4) is 0 Å². The van der Waals surface area contributed by atoms with Crippen LogP contribution in [0.2, 0.25) is 0 Å². The van der Waals surface area contributed by atoms with E-state index in [9.17, 15) is 9.59 Å². The second-order valence-corrected chi connectivity index (χ2v) is 11.1. The van der Waals surface area contributed by atoms with Crippen LogP contribution in [0, 0.1) is 41.4 Å². The van der Waals surface area contributed by atoms with E-state index in [-0.39, 0.29) is 28.6 Å². The summed E-state index contributed by atoms with van der Waals surface area (Å²) in [5.74, 6) is 2.40. The van der Waals surface area contributed by atoms with Gasteiger partial charge in [0.15, 0.2) is 0 Å². The van der Waals surface area contributed by atoms with Gasteiger partial charge in [0.2, 0.25) is 11.8 Å². The highest BCUT2D eigenvalue weighted by atomic mass is 16.2. The van der Waals surface area contributed by atoms with Crippen molar-refractivity contribution in [2.75, 3.05) is 12.4 Å². The van der Waals surface area contributed by atoms with Crippen LogP contribution in [-0.4, -0.2) is 23.8 Å². The van der Waals surface area contributed by atoms with Gasteiger partial charge in [-0.1, -0.05) is 32.1 Å². The molecule has 2 saturated carbocycles. The zero-order valence-corrected chi connectivity index (χ0v) is 19.4. The van der Waals surface area contributed by atoms with Crippen LogP contribution in [0.1, 0.15) is 64.4 Å². The number of allylic oxidation sites excluding steroid dienone is 2. The van der Waals surface area contributed by atoms with E-state index in [4.69, 9.17) is 0 Å². The fourth-order valence-electron chi connectivity index (χ4n) is 7.96. The quantitative estimate of drug-likeness (QED) is 0.683. The topological polar surface area (TPSA) is 49.4 Å². The lowest BCUT2D eigenvalue weighted by molar-refractivity contribution is -0.137. The third-order valence-corrected chi connectivity index (χ3v) is 9.62. The fraction of sp³-hybridized carbons (Fsp3) is 0.630. The number of benzene rings is 1. The lowest BCUT2D eigenvalue weighted by Crippen LogP contribution is -2.54. The van der Waals surface area contributed by atoms with Crippen LogP contribution in [0.5, 0.6) is 0 Å². The Balaban J connectivity index is 1.39. The third kappa shape index (κ3) is 3.08. The van der Waals surface area contributed by atoms with Gasteiger partial charge in [0, 0.05) is 36.2 Å². The monoisotopic (exact) mass is 420 g/mol. The Kier molecular flexibility index (Phi) is 4.84. The van der Waals surface area contributed by atoms with Gasteiger partial charge in [0.1, 0.15) is 0 Å². The molecule has 1 aliphatic heterocycles. The summed E-state index contributed by atoms with van der Waals surface area (Å²) in [5, 5.41) is 3.22. The summed E-state index contributed by atoms with van der Waals surface area (Å²) >= 11 is 0. The molecule has 31 heavy (non-hydrogen) atoms. The Morgan fingerprint density at radius 3 is 2.71 bits per heavy atom. The van der Waals surface area contributed by atoms with Crippen molar-refractivity contribution < 1.29 is 9.59 Å². The molecule has 6 atom stereocenters. The molecule has 1 aromatic carbocycles. The minimum Gasteiger partial charge on any atom is -0.326 e. The molecule has 0 unspecified atom stereocenters. The number of hydrogen-bond donors (Lipinski definition) is 1. The van der Waals surface area contributed by atoms with Crippen LogP contribution in [0.4, 0.5) is 5.69 Å². The van der Waals surface area contributed by atoms with Gasteiger partial charge in [-0.15, -0.1) is 0 Å². The number of nitrogens with zero attached hydrogens (tertiary/aromatic N) is 1. The average molecular weight is 421 g/mol. The minimum absolute atomic E-state index is 0.0766. The second-order valence-electron chi connectivity index (χ2n) is 11.1. The van der Waals surface area contributed by atoms with Crippen LogP contribution in [0.25, 0.3) is 0 Å². The first-order valence-corrected chi connectivity index (χ1v) is 12.1. The number of rotatable bonds is 2. The number of amides is 2. The first-order valence-electron chi connectivity index (χ1n) is 12.1. The highest BCUT2D eigenvalue weighted by Gasteiger charge is 2.60. The summed E-state index contributed by atoms with van der Waals surface area (Å²) in [6.45, 7) is 6.85. The lowest BCUT2D eigenvalue weighted by Gasteiger charge is -2.58. The number of anilines is 1. The maximum atomic E-state index is 13.3. The normalized spacial score (nSPS) is 39.3. The van der Waals surface area contributed by atoms with Crippen molar-refractivity contribution in [1.82, 2.24) is 4.90 Å². The standard InChI is InChI=1S/C27H36N2O2/c1-17-6-5-7-18(16-17)28-25(31)22-10-9-20-19-8-11-23-27(3,15-13-24(30)29(23)4)21(19)12-14-26(20,22)2/h5-7,11,16,19-22H,8-10,12-15H2,1-4H3,(H,28,31)/t19-,20-,21-,22+,26-,27+/m0/s1. The molecule has 4 nitrogen and oxygen atoms in total. The van der Waals surface area contributed by atoms with Gasteiger partial charge < -0.3 is 10.2 Å². The molecule has 4 aliphatic rings. The second kappa shape index (κ2) is 7.21. The van der Waals surface area contributed by atoms with Gasteiger partial charge in [-0.2, -0.15) is 0 Å². The van der Waals surface area contributed by atoms with Crippen molar-refractivity contribution in [3.8, 4) is 0 Å². The van der Waals surface area contributed by atoms with Gasteiger partial charge in [-0.3, -0.25) is 9.59 Å². The molecule has 1 heterocycles. The molecule has 2 amide bonds. The number of fused-ring (bicyclic) bond motifs is 5. The van der Waals surface area contributed by atoms with Gasteiger partial charge >= 0.3 is 0 Å². The summed E-state index contributed by atoms with van der Waals surface area (Å²) in [5.41, 5.74) is 3.53. The van der Waals surface area contributed by atoms with Gasteiger partial charge in [-0.05, 0) is 86.3 Å². The smallest absolute Gasteiger partial charge is 0.228 e. The predicted molar refractivity (Wildman–Crippen MR) is 123 cm³/mol. The SMILES string of the molecule is Cc1cccc(NC(=O)[C@H]2CC[C@H]3[C@@H]4CC=C5N(C)C(=O)CC[C@]5(C)[C@H]4CC[C@]23C)c1. The number of carbonyl (C=O) groups excluding carboxylic acids is 2. The first kappa shape index (κ1) is 20.8. The van der Waals surface area contributed by atoms with Crippen molar-refractivity contribution >= 4 is 17.5 Å². The molecule has 5 rings (SSSR count). The van der Waals surface area contributed by atoms with E-state index in [0.29, 0.717) is 24.2 Å². The van der Waals surface area contributed by atoms with Gasteiger partial charge in [-0.25, -0.2) is 0 Å². The predicted octanol–water partition coefficient (Wildman–Crippen LogP) is 5.54. The number of piperidine rings is 1. The average Bonchev–Trinajstić information content (AvgIpc) is 3.08. The number of hydrogen-bond acceptors (Lipinski definition) is 2. The summed E-state index contributed by atoms with van der Waals surface area (Å²) in [7, 11) is 1.96. The first-order chi connectivity index (χ1) is 14.7. The van der Waals surface area contributed by atoms with Crippen molar-refractivity contribution in [2.45, 2.75) is 65.7 Å².